The Kier molecular flexibility index (Phi) is 6.34. The first kappa shape index (κ1) is 16.8. The first-order chi connectivity index (χ1) is 9.31. The van der Waals surface area contributed by atoms with Crippen LogP contribution in [-0.2, 0) is 0 Å². The summed E-state index contributed by atoms with van der Waals surface area (Å²) < 4.78 is 0.629. The Bertz CT molecular complexity index is 505. The molecule has 0 spiro atoms. The molecule has 0 radical (unpaired) electrons. The van der Waals surface area contributed by atoms with Crippen molar-refractivity contribution in [2.75, 3.05) is 6.54 Å². The van der Waals surface area contributed by atoms with Crippen LogP contribution in [0, 0.1) is 19.6 Å². The van der Waals surface area contributed by atoms with E-state index < -0.39 is 16.9 Å². The minimum Gasteiger partial charge on any atom is -0.391 e. The van der Waals surface area contributed by atoms with Gasteiger partial charge in [0.2, 0.25) is 0 Å². The lowest BCUT2D eigenvalue weighted by Gasteiger charge is -2.14. The van der Waals surface area contributed by atoms with Crippen LogP contribution in [0.15, 0.2) is 18.2 Å². The van der Waals surface area contributed by atoms with Crippen molar-refractivity contribution in [3.8, 4) is 0 Å². The number of non-ortho nitro benzene ring substituents is 1. The zero-order chi connectivity index (χ0) is 15.3. The molecule has 20 heavy (non-hydrogen) atoms. The van der Waals surface area contributed by atoms with E-state index in [9.17, 15) is 20.0 Å². The van der Waals surface area contributed by atoms with E-state index in [0.717, 1.165) is 0 Å². The Hall–Kier alpha value is -1.22. The maximum absolute atomic E-state index is 12.0. The number of nitrogens with one attached hydrogen (secondary N) is 1. The number of carbonyl (C=O) groups excluding carboxylic acids is 1. The third-order valence-corrected chi connectivity index (χ3v) is 3.59. The normalized spacial score (nSPS) is 12.2. The summed E-state index contributed by atoms with van der Waals surface area (Å²) in [5.74, 6) is -0.0826. The van der Waals surface area contributed by atoms with E-state index >= 15 is 0 Å². The molecule has 1 amide bonds. The van der Waals surface area contributed by atoms with Gasteiger partial charge in [-0.3, -0.25) is 14.9 Å². The summed E-state index contributed by atoms with van der Waals surface area (Å²) >= 11 is 1.95. The van der Waals surface area contributed by atoms with Crippen molar-refractivity contribution < 1.29 is 14.8 Å². The van der Waals surface area contributed by atoms with Gasteiger partial charge in [-0.2, -0.15) is 0 Å². The molecule has 0 saturated heterocycles. The number of nitro groups is 1. The molecule has 7 heteroatoms. The minimum absolute atomic E-state index is 0.127. The molecule has 110 valence electrons. The second kappa shape index (κ2) is 7.53. The summed E-state index contributed by atoms with van der Waals surface area (Å²) in [5, 5.41) is 23.0. The number of halogens is 1. The third-order valence-electron chi connectivity index (χ3n) is 2.65. The van der Waals surface area contributed by atoms with Crippen molar-refractivity contribution in [3.63, 3.8) is 0 Å². The van der Waals surface area contributed by atoms with Crippen molar-refractivity contribution in [3.05, 3.63) is 37.4 Å². The number of amides is 1. The summed E-state index contributed by atoms with van der Waals surface area (Å²) in [6.07, 6.45) is -0.0259. The van der Waals surface area contributed by atoms with E-state index in [2.05, 4.69) is 5.32 Å². The predicted octanol–water partition coefficient (Wildman–Crippen LogP) is 2.34. The van der Waals surface area contributed by atoms with Gasteiger partial charge in [0.25, 0.3) is 11.6 Å². The molecule has 0 aliphatic heterocycles. The van der Waals surface area contributed by atoms with E-state index in [-0.39, 0.29) is 17.8 Å². The smallest absolute Gasteiger partial charge is 0.270 e. The second-order valence-electron chi connectivity index (χ2n) is 4.91. The van der Waals surface area contributed by atoms with Gasteiger partial charge in [-0.15, -0.1) is 0 Å². The first-order valence-corrected chi connectivity index (χ1v) is 7.29. The first-order valence-electron chi connectivity index (χ1n) is 6.21. The molecular formula is C13H17IN2O4. The molecule has 0 aromatic heterocycles. The highest BCUT2D eigenvalue weighted by Crippen LogP contribution is 2.19. The van der Waals surface area contributed by atoms with Crippen molar-refractivity contribution in [2.45, 2.75) is 26.4 Å². The lowest BCUT2D eigenvalue weighted by Crippen LogP contribution is -2.33. The van der Waals surface area contributed by atoms with Gasteiger partial charge in [0, 0.05) is 22.2 Å². The highest BCUT2D eigenvalue weighted by atomic mass is 127. The molecule has 0 fully saturated rings. The molecule has 0 aliphatic rings. The van der Waals surface area contributed by atoms with E-state index in [1.165, 1.54) is 18.2 Å². The van der Waals surface area contributed by atoms with Crippen molar-refractivity contribution >= 4 is 34.2 Å². The van der Waals surface area contributed by atoms with Crippen LogP contribution >= 0.6 is 22.6 Å². The third kappa shape index (κ3) is 5.04. The minimum atomic E-state index is -0.615. The number of carbonyl (C=O) groups is 1. The number of hydrogen-bond donors (Lipinski definition) is 2. The number of benzene rings is 1. The Labute approximate surface area is 130 Å². The number of rotatable bonds is 6. The molecule has 0 aliphatic carbocycles. The van der Waals surface area contributed by atoms with E-state index in [1.54, 1.807) is 0 Å². The second-order valence-corrected chi connectivity index (χ2v) is 6.08. The highest BCUT2D eigenvalue weighted by molar-refractivity contribution is 14.1. The van der Waals surface area contributed by atoms with Gasteiger partial charge in [-0.05, 0) is 41.0 Å². The molecule has 0 heterocycles. The molecule has 1 rings (SSSR count). The average Bonchev–Trinajstić information content (AvgIpc) is 2.35. The molecular weight excluding hydrogens is 375 g/mol. The number of aliphatic hydroxyl groups excluding tert-OH is 1. The molecule has 1 unspecified atom stereocenters. The van der Waals surface area contributed by atoms with Gasteiger partial charge in [-0.25, -0.2) is 0 Å². The summed E-state index contributed by atoms with van der Waals surface area (Å²) in [4.78, 5) is 22.1. The van der Waals surface area contributed by atoms with E-state index in [4.69, 9.17) is 0 Å². The molecule has 0 saturated carbocycles. The summed E-state index contributed by atoms with van der Waals surface area (Å²) in [6.45, 7) is 4.10. The number of nitro benzene ring substituents is 1. The van der Waals surface area contributed by atoms with Crippen molar-refractivity contribution in [2.24, 2.45) is 5.92 Å². The standard InChI is InChI=1S/C13H17IN2O4/c1-8(2)5-10(17)7-15-13(18)11-6-9(16(19)20)3-4-12(11)14/h3-4,6,8,10,17H,5,7H2,1-2H3,(H,15,18). The maximum Gasteiger partial charge on any atom is 0.270 e. The average molecular weight is 392 g/mol. The van der Waals surface area contributed by atoms with Crippen LogP contribution in [0.3, 0.4) is 0 Å². The largest absolute Gasteiger partial charge is 0.391 e. The zero-order valence-corrected chi connectivity index (χ0v) is 13.5. The van der Waals surface area contributed by atoms with Gasteiger partial charge in [-0.1, -0.05) is 13.8 Å². The summed E-state index contributed by atoms with van der Waals surface area (Å²) in [6, 6.07) is 4.12. The molecule has 1 aromatic rings. The number of hydrogen-bond acceptors (Lipinski definition) is 4. The van der Waals surface area contributed by atoms with Crippen LogP contribution in [0.5, 0.6) is 0 Å². The monoisotopic (exact) mass is 392 g/mol. The lowest BCUT2D eigenvalue weighted by molar-refractivity contribution is -0.384. The summed E-state index contributed by atoms with van der Waals surface area (Å²) in [7, 11) is 0. The van der Waals surface area contributed by atoms with Gasteiger partial charge >= 0.3 is 0 Å². The highest BCUT2D eigenvalue weighted by Gasteiger charge is 2.16. The van der Waals surface area contributed by atoms with Crippen LogP contribution in [0.4, 0.5) is 5.69 Å². The number of nitrogens with zero attached hydrogens (tertiary/aromatic N) is 1. The predicted molar refractivity (Wildman–Crippen MR) is 83.6 cm³/mol. The van der Waals surface area contributed by atoms with Crippen LogP contribution in [0.25, 0.3) is 0 Å². The molecule has 1 aromatic carbocycles. The fourth-order valence-corrected chi connectivity index (χ4v) is 2.31. The van der Waals surface area contributed by atoms with Crippen LogP contribution < -0.4 is 5.32 Å². The van der Waals surface area contributed by atoms with Crippen LogP contribution in [0.1, 0.15) is 30.6 Å². The van der Waals surface area contributed by atoms with Crippen molar-refractivity contribution in [1.82, 2.24) is 5.32 Å². The van der Waals surface area contributed by atoms with Crippen molar-refractivity contribution in [1.29, 1.82) is 0 Å². The van der Waals surface area contributed by atoms with Crippen LogP contribution in [-0.4, -0.2) is 28.6 Å². The molecule has 6 nitrogen and oxygen atoms in total. The lowest BCUT2D eigenvalue weighted by atomic mass is 10.1. The van der Waals surface area contributed by atoms with Gasteiger partial charge in [0.15, 0.2) is 0 Å². The molecule has 2 N–H and O–H groups in total. The Morgan fingerprint density at radius 1 is 1.50 bits per heavy atom. The topological polar surface area (TPSA) is 92.5 Å². The van der Waals surface area contributed by atoms with Gasteiger partial charge < -0.3 is 10.4 Å². The maximum atomic E-state index is 12.0. The van der Waals surface area contributed by atoms with E-state index in [1.807, 2.05) is 36.4 Å². The number of aliphatic hydroxyl groups is 1. The molecule has 0 bridgehead atoms. The molecule has 1 atom stereocenters. The van der Waals surface area contributed by atoms with Crippen LogP contribution in [0.2, 0.25) is 0 Å². The fourth-order valence-electron chi connectivity index (χ4n) is 1.73. The Balaban J connectivity index is 2.72. The van der Waals surface area contributed by atoms with Gasteiger partial charge in [0.05, 0.1) is 16.6 Å². The SMILES string of the molecule is CC(C)CC(O)CNC(=O)c1cc([N+](=O)[O-])ccc1I. The summed E-state index contributed by atoms with van der Waals surface area (Å²) in [5.41, 5.74) is 0.120. The quantitative estimate of drug-likeness (QED) is 0.442. The fraction of sp³-hybridized carbons (Fsp3) is 0.462. The van der Waals surface area contributed by atoms with Gasteiger partial charge in [0.1, 0.15) is 0 Å². The Morgan fingerprint density at radius 2 is 2.15 bits per heavy atom. The van der Waals surface area contributed by atoms with E-state index in [0.29, 0.717) is 15.9 Å². The Morgan fingerprint density at radius 3 is 2.70 bits per heavy atom. The zero-order valence-electron chi connectivity index (χ0n) is 11.3.